The van der Waals surface area contributed by atoms with Gasteiger partial charge in [-0.25, -0.2) is 4.57 Å². The third kappa shape index (κ3) is 33.4. The summed E-state index contributed by atoms with van der Waals surface area (Å²) >= 11 is 0. The lowest BCUT2D eigenvalue weighted by atomic mass is 9.85. The van der Waals surface area contributed by atoms with Gasteiger partial charge in [-0.3, -0.25) is 18.6 Å². The maximum Gasteiger partial charge on any atom is 0.472 e. The predicted molar refractivity (Wildman–Crippen MR) is 267 cm³/mol. The van der Waals surface area contributed by atoms with Crippen molar-refractivity contribution in [2.45, 2.75) is 185 Å². The van der Waals surface area contributed by atoms with Crippen molar-refractivity contribution in [2.24, 2.45) is 0 Å². The smallest absolute Gasteiger partial charge is 0.462 e. The van der Waals surface area contributed by atoms with E-state index in [-0.39, 0.29) is 12.8 Å². The maximum atomic E-state index is 12.8. The van der Waals surface area contributed by atoms with Gasteiger partial charge >= 0.3 is 19.8 Å². The summed E-state index contributed by atoms with van der Waals surface area (Å²) in [5.41, 5.74) is 0. The van der Waals surface area contributed by atoms with E-state index in [1.807, 2.05) is 18.2 Å². The van der Waals surface area contributed by atoms with E-state index >= 15 is 0 Å². The van der Waals surface area contributed by atoms with Crippen molar-refractivity contribution in [3.63, 3.8) is 0 Å². The zero-order valence-corrected chi connectivity index (χ0v) is 41.0. The number of unbranched alkanes of at least 4 members (excludes halogenated alkanes) is 6. The first-order valence-electron chi connectivity index (χ1n) is 24.3. The molecule has 67 heavy (non-hydrogen) atoms. The fraction of sp³-hybridized carbons (Fsp3) is 0.585. The van der Waals surface area contributed by atoms with Gasteiger partial charge in [0.2, 0.25) is 0 Å². The van der Waals surface area contributed by atoms with Crippen molar-refractivity contribution in [2.75, 3.05) is 13.2 Å². The maximum absolute atomic E-state index is 12.8. The number of rotatable bonds is 38. The van der Waals surface area contributed by atoms with E-state index in [2.05, 4.69) is 117 Å². The lowest BCUT2D eigenvalue weighted by Gasteiger charge is -2.41. The van der Waals surface area contributed by atoms with E-state index in [0.717, 1.165) is 77.0 Å². The minimum atomic E-state index is -5.16. The molecule has 0 aromatic carbocycles. The molecule has 1 fully saturated rings. The molecule has 0 saturated heterocycles. The average Bonchev–Trinajstić information content (AvgIpc) is 3.31. The Kier molecular flexibility index (Phi) is 37.7. The number of allylic oxidation sites excluding steroid dienone is 20. The Morgan fingerprint density at radius 3 is 1.33 bits per heavy atom. The highest BCUT2D eigenvalue weighted by molar-refractivity contribution is 7.47. The highest BCUT2D eigenvalue weighted by atomic mass is 31.2. The van der Waals surface area contributed by atoms with Crippen LogP contribution in [0, 0.1) is 0 Å². The Bertz CT molecular complexity index is 1630. The SMILES string of the molecule is CC/C=C\C/C=C\C/C=C\C/C=C\C/C=C\C/C=C\CCC(=O)OC[C@H](COP(=O)(O)OC1C(O)C(O)C(O)[C@@H](O)C1O)OC(=O)CCCCC/C=C\C/C=C\C/C=C\C/C=C\CCCCC. The van der Waals surface area contributed by atoms with Crippen LogP contribution in [0.1, 0.15) is 142 Å². The number of hydrogen-bond donors (Lipinski definition) is 6. The molecule has 6 unspecified atom stereocenters. The lowest BCUT2D eigenvalue weighted by molar-refractivity contribution is -0.220. The molecular weight excluding hydrogens is 876 g/mol. The average molecular weight is 959 g/mol. The topological polar surface area (TPSA) is 210 Å². The summed E-state index contributed by atoms with van der Waals surface area (Å²) in [5, 5.41) is 50.2. The van der Waals surface area contributed by atoms with E-state index in [1.54, 1.807) is 0 Å². The first-order valence-corrected chi connectivity index (χ1v) is 25.8. The molecule has 378 valence electrons. The third-order valence-corrected chi connectivity index (χ3v) is 11.3. The number of hydrogen-bond acceptors (Lipinski definition) is 12. The molecule has 1 aliphatic rings. The second-order valence-corrected chi connectivity index (χ2v) is 17.6. The number of phosphoric ester groups is 1. The fourth-order valence-corrected chi connectivity index (χ4v) is 7.38. The Morgan fingerprint density at radius 2 is 0.881 bits per heavy atom. The van der Waals surface area contributed by atoms with E-state index in [1.165, 1.54) is 19.3 Å². The van der Waals surface area contributed by atoms with Crippen LogP contribution in [0.2, 0.25) is 0 Å². The fourth-order valence-electron chi connectivity index (χ4n) is 6.41. The second-order valence-electron chi connectivity index (χ2n) is 16.2. The zero-order valence-electron chi connectivity index (χ0n) is 40.1. The molecule has 13 nitrogen and oxygen atoms in total. The normalized spacial score (nSPS) is 22.2. The van der Waals surface area contributed by atoms with Gasteiger partial charge in [-0.2, -0.15) is 0 Å². The van der Waals surface area contributed by atoms with Gasteiger partial charge in [0.1, 0.15) is 43.2 Å². The minimum absolute atomic E-state index is 0.0265. The standard InChI is InChI=1S/C53H83O13P/c1-3-5-7-9-11-13-15-17-19-21-23-25-27-29-31-33-35-37-39-41-46(54)63-43-45(44-64-67(61,62)66-53-51(59)49(57)48(56)50(58)52(53)60)65-47(55)42-40-38-36-34-32-30-28-26-24-22-20-18-16-14-12-10-8-6-4-2/h5,7,11-14,17-20,23-26,29-32,35,37,45,48-53,56-60H,3-4,6,8-10,15-16,21-22,27-28,33-34,36,38-44H2,1-2H3,(H,61,62)/b7-5-,13-11-,14-12-,19-17-,20-18-,25-23-,26-24-,31-29-,32-30-,37-35-/t45-,48?,49-,50?,51?,52?,53?/m1/s1. The number of carbonyl (C=O) groups excluding carboxylic acids is 2. The van der Waals surface area contributed by atoms with E-state index in [4.69, 9.17) is 18.5 Å². The van der Waals surface area contributed by atoms with Crippen molar-refractivity contribution < 1.29 is 63.1 Å². The summed E-state index contributed by atoms with van der Waals surface area (Å²) in [6.45, 7) is 3.05. The van der Waals surface area contributed by atoms with E-state index in [9.17, 15) is 44.6 Å². The van der Waals surface area contributed by atoms with Crippen LogP contribution >= 0.6 is 7.82 Å². The van der Waals surface area contributed by atoms with Crippen LogP contribution in [-0.4, -0.2) is 98.3 Å². The molecule has 1 aliphatic carbocycles. The quantitative estimate of drug-likeness (QED) is 0.0148. The van der Waals surface area contributed by atoms with Crippen LogP contribution in [0.4, 0.5) is 0 Å². The van der Waals surface area contributed by atoms with Crippen LogP contribution in [0.15, 0.2) is 122 Å². The van der Waals surface area contributed by atoms with Gasteiger partial charge < -0.3 is 39.9 Å². The zero-order chi connectivity index (χ0) is 49.2. The third-order valence-electron chi connectivity index (χ3n) is 10.3. The summed E-state index contributed by atoms with van der Waals surface area (Å²) in [4.78, 5) is 35.7. The van der Waals surface area contributed by atoms with Crippen molar-refractivity contribution in [1.82, 2.24) is 0 Å². The van der Waals surface area contributed by atoms with Crippen molar-refractivity contribution in [3.8, 4) is 0 Å². The first-order chi connectivity index (χ1) is 32.4. The monoisotopic (exact) mass is 959 g/mol. The van der Waals surface area contributed by atoms with Crippen LogP contribution in [-0.2, 0) is 32.7 Å². The highest BCUT2D eigenvalue weighted by Gasteiger charge is 2.51. The lowest BCUT2D eigenvalue weighted by Crippen LogP contribution is -2.64. The molecule has 0 aromatic rings. The van der Waals surface area contributed by atoms with Crippen molar-refractivity contribution in [1.29, 1.82) is 0 Å². The number of aliphatic hydroxyl groups excluding tert-OH is 5. The molecular formula is C53H83O13P. The molecule has 0 amide bonds. The van der Waals surface area contributed by atoms with Gasteiger partial charge in [0.05, 0.1) is 6.61 Å². The van der Waals surface area contributed by atoms with Crippen LogP contribution in [0.5, 0.6) is 0 Å². The Morgan fingerprint density at radius 1 is 0.478 bits per heavy atom. The van der Waals surface area contributed by atoms with Crippen molar-refractivity contribution in [3.05, 3.63) is 122 Å². The highest BCUT2D eigenvalue weighted by Crippen LogP contribution is 2.47. The first kappa shape index (κ1) is 61.3. The summed E-state index contributed by atoms with van der Waals surface area (Å²) < 4.78 is 33.5. The molecule has 14 heteroatoms. The predicted octanol–water partition coefficient (Wildman–Crippen LogP) is 10.2. The largest absolute Gasteiger partial charge is 0.472 e. The van der Waals surface area contributed by atoms with Gasteiger partial charge in [0.15, 0.2) is 6.10 Å². The number of aliphatic hydroxyl groups is 5. The summed E-state index contributed by atoms with van der Waals surface area (Å²) in [5.74, 6) is -1.25. The number of esters is 2. The Balaban J connectivity index is 2.53. The molecule has 0 aliphatic heterocycles. The molecule has 1 rings (SSSR count). The van der Waals surface area contributed by atoms with E-state index in [0.29, 0.717) is 19.3 Å². The molecule has 1 saturated carbocycles. The minimum Gasteiger partial charge on any atom is -0.462 e. The summed E-state index contributed by atoms with van der Waals surface area (Å²) in [7, 11) is -5.16. The molecule has 0 bridgehead atoms. The Hall–Kier alpha value is -3.75. The van der Waals surface area contributed by atoms with Crippen LogP contribution < -0.4 is 0 Å². The van der Waals surface area contributed by atoms with Crippen LogP contribution in [0.25, 0.3) is 0 Å². The molecule has 0 spiro atoms. The Labute approximate surface area is 401 Å². The van der Waals surface area contributed by atoms with Gasteiger partial charge in [-0.1, -0.05) is 155 Å². The molecule has 0 heterocycles. The van der Waals surface area contributed by atoms with Gasteiger partial charge in [-0.05, 0) is 96.3 Å². The summed E-state index contributed by atoms with van der Waals surface area (Å²) in [6, 6.07) is 0. The second kappa shape index (κ2) is 41.2. The number of carbonyl (C=O) groups is 2. The van der Waals surface area contributed by atoms with Crippen molar-refractivity contribution >= 4 is 19.8 Å². The molecule has 0 radical (unpaired) electrons. The number of phosphoric acid groups is 1. The van der Waals surface area contributed by atoms with Gasteiger partial charge in [0, 0.05) is 12.8 Å². The molecule has 6 N–H and O–H groups in total. The number of ether oxygens (including phenoxy) is 2. The molecule has 8 atom stereocenters. The van der Waals surface area contributed by atoms with Gasteiger partial charge in [0.25, 0.3) is 0 Å². The van der Waals surface area contributed by atoms with Gasteiger partial charge in [-0.15, -0.1) is 0 Å². The van der Waals surface area contributed by atoms with E-state index < -0.39 is 75.7 Å². The molecule has 0 aromatic heterocycles. The van der Waals surface area contributed by atoms with Crippen LogP contribution in [0.3, 0.4) is 0 Å². The summed E-state index contributed by atoms with van der Waals surface area (Å²) in [6.07, 6.45) is 45.4.